The Morgan fingerprint density at radius 1 is 0.226 bits per heavy atom. The van der Waals surface area contributed by atoms with Crippen molar-refractivity contribution in [1.82, 2.24) is 0 Å². The van der Waals surface area contributed by atoms with Gasteiger partial charge >= 0.3 is 0 Å². The molecule has 10 aromatic rings. The van der Waals surface area contributed by atoms with Gasteiger partial charge in [-0.3, -0.25) is 0 Å². The SMILES string of the molecule is c1ccc(-c2ccc3cc(N(c4ccc5ccccc5c4)c4ccc5c(c4)c(-c4ccccc4)c(-c4ccccc4)c4ccccc45)ccc3c2)cc1. The number of rotatable bonds is 6. The molecule has 0 saturated heterocycles. The maximum absolute atomic E-state index is 2.42. The molecular weight excluding hydrogens is 639 g/mol. The Morgan fingerprint density at radius 2 is 0.660 bits per heavy atom. The van der Waals surface area contributed by atoms with Crippen LogP contribution in [0.1, 0.15) is 0 Å². The van der Waals surface area contributed by atoms with Crippen molar-refractivity contribution in [2.45, 2.75) is 0 Å². The summed E-state index contributed by atoms with van der Waals surface area (Å²) in [5.41, 5.74) is 10.7. The predicted molar refractivity (Wildman–Crippen MR) is 227 cm³/mol. The molecular formula is C52H35N. The van der Waals surface area contributed by atoms with E-state index in [1.54, 1.807) is 0 Å². The van der Waals surface area contributed by atoms with Crippen molar-refractivity contribution < 1.29 is 0 Å². The second-order valence-corrected chi connectivity index (χ2v) is 13.7. The summed E-state index contributed by atoms with van der Waals surface area (Å²) >= 11 is 0. The number of hydrogen-bond donors (Lipinski definition) is 0. The predicted octanol–water partition coefficient (Wildman–Crippen LogP) is 14.8. The summed E-state index contributed by atoms with van der Waals surface area (Å²) in [5.74, 6) is 0. The molecule has 0 spiro atoms. The maximum atomic E-state index is 2.42. The molecule has 0 aliphatic carbocycles. The van der Waals surface area contributed by atoms with Crippen LogP contribution in [0.2, 0.25) is 0 Å². The Labute approximate surface area is 309 Å². The van der Waals surface area contributed by atoms with Gasteiger partial charge in [0.15, 0.2) is 0 Å². The van der Waals surface area contributed by atoms with Crippen molar-refractivity contribution >= 4 is 60.2 Å². The van der Waals surface area contributed by atoms with E-state index in [1.165, 1.54) is 76.5 Å². The Bertz CT molecular complexity index is 2930. The van der Waals surface area contributed by atoms with Gasteiger partial charge in [-0.15, -0.1) is 0 Å². The first-order valence-electron chi connectivity index (χ1n) is 18.3. The van der Waals surface area contributed by atoms with Crippen LogP contribution >= 0.6 is 0 Å². The number of anilines is 3. The van der Waals surface area contributed by atoms with E-state index in [1.807, 2.05) is 0 Å². The van der Waals surface area contributed by atoms with Gasteiger partial charge in [0.05, 0.1) is 0 Å². The molecule has 0 aliphatic heterocycles. The molecule has 0 atom stereocenters. The van der Waals surface area contributed by atoms with Crippen LogP contribution in [0.25, 0.3) is 76.5 Å². The zero-order valence-electron chi connectivity index (χ0n) is 29.2. The van der Waals surface area contributed by atoms with Crippen LogP contribution in [0, 0.1) is 0 Å². The van der Waals surface area contributed by atoms with Gasteiger partial charge in [-0.2, -0.15) is 0 Å². The Hall–Kier alpha value is -6.96. The lowest BCUT2D eigenvalue weighted by Crippen LogP contribution is -2.10. The molecule has 0 aromatic heterocycles. The molecule has 53 heavy (non-hydrogen) atoms. The number of hydrogen-bond acceptors (Lipinski definition) is 1. The van der Waals surface area contributed by atoms with E-state index in [0.29, 0.717) is 0 Å². The first kappa shape index (κ1) is 30.8. The van der Waals surface area contributed by atoms with Crippen molar-refractivity contribution in [3.8, 4) is 33.4 Å². The van der Waals surface area contributed by atoms with Gasteiger partial charge in [0.2, 0.25) is 0 Å². The average molecular weight is 674 g/mol. The lowest BCUT2D eigenvalue weighted by atomic mass is 9.85. The van der Waals surface area contributed by atoms with Crippen molar-refractivity contribution in [2.75, 3.05) is 4.90 Å². The molecule has 0 saturated carbocycles. The third kappa shape index (κ3) is 5.51. The van der Waals surface area contributed by atoms with E-state index in [-0.39, 0.29) is 0 Å². The van der Waals surface area contributed by atoms with E-state index >= 15 is 0 Å². The van der Waals surface area contributed by atoms with E-state index in [2.05, 4.69) is 217 Å². The van der Waals surface area contributed by atoms with Crippen LogP contribution in [0.4, 0.5) is 17.1 Å². The zero-order chi connectivity index (χ0) is 35.1. The molecule has 0 radical (unpaired) electrons. The third-order valence-electron chi connectivity index (χ3n) is 10.6. The van der Waals surface area contributed by atoms with Gasteiger partial charge < -0.3 is 4.90 Å². The summed E-state index contributed by atoms with van der Waals surface area (Å²) < 4.78 is 0. The highest BCUT2D eigenvalue weighted by Crippen LogP contribution is 2.47. The van der Waals surface area contributed by atoms with Crippen molar-refractivity contribution in [2.24, 2.45) is 0 Å². The van der Waals surface area contributed by atoms with Crippen molar-refractivity contribution in [1.29, 1.82) is 0 Å². The molecule has 10 rings (SSSR count). The van der Waals surface area contributed by atoms with Gasteiger partial charge in [0, 0.05) is 17.1 Å². The van der Waals surface area contributed by atoms with Gasteiger partial charge in [0.25, 0.3) is 0 Å². The molecule has 0 aliphatic rings. The molecule has 0 bridgehead atoms. The molecule has 0 heterocycles. The summed E-state index contributed by atoms with van der Waals surface area (Å²) in [6.07, 6.45) is 0. The lowest BCUT2D eigenvalue weighted by molar-refractivity contribution is 1.30. The van der Waals surface area contributed by atoms with Crippen LogP contribution < -0.4 is 4.90 Å². The zero-order valence-corrected chi connectivity index (χ0v) is 29.2. The first-order valence-corrected chi connectivity index (χ1v) is 18.3. The second kappa shape index (κ2) is 13.0. The molecule has 0 fully saturated rings. The van der Waals surface area contributed by atoms with Gasteiger partial charge in [-0.25, -0.2) is 0 Å². The monoisotopic (exact) mass is 673 g/mol. The van der Waals surface area contributed by atoms with Crippen LogP contribution in [-0.2, 0) is 0 Å². The fraction of sp³-hybridized carbons (Fsp3) is 0. The Morgan fingerprint density at radius 3 is 1.34 bits per heavy atom. The summed E-state index contributed by atoms with van der Waals surface area (Å²) in [6.45, 7) is 0. The van der Waals surface area contributed by atoms with E-state index in [4.69, 9.17) is 0 Å². The van der Waals surface area contributed by atoms with Gasteiger partial charge in [-0.1, -0.05) is 170 Å². The molecule has 0 amide bonds. The van der Waals surface area contributed by atoms with Crippen LogP contribution in [0.3, 0.4) is 0 Å². The second-order valence-electron chi connectivity index (χ2n) is 13.7. The minimum atomic E-state index is 1.11. The molecule has 0 unspecified atom stereocenters. The first-order chi connectivity index (χ1) is 26.3. The highest BCUT2D eigenvalue weighted by Gasteiger charge is 2.20. The quantitative estimate of drug-likeness (QED) is 0.159. The van der Waals surface area contributed by atoms with Crippen LogP contribution in [-0.4, -0.2) is 0 Å². The molecule has 0 N–H and O–H groups in total. The van der Waals surface area contributed by atoms with Crippen LogP contribution in [0.15, 0.2) is 212 Å². The standard InChI is InChI=1S/C52H35N/c1-4-14-36(15-5-1)41-24-25-43-34-45(29-27-42(43)32-41)53(44-28-26-37-16-10-11-21-40(37)33-44)46-30-31-48-47-22-12-13-23-49(47)51(38-17-6-2-7-18-38)52(50(48)35-46)39-19-8-3-9-20-39/h1-35H. The van der Waals surface area contributed by atoms with Crippen LogP contribution in [0.5, 0.6) is 0 Å². The highest BCUT2D eigenvalue weighted by atomic mass is 15.1. The fourth-order valence-electron chi connectivity index (χ4n) is 8.07. The van der Waals surface area contributed by atoms with E-state index in [0.717, 1.165) is 17.1 Å². The molecule has 1 nitrogen and oxygen atoms in total. The van der Waals surface area contributed by atoms with Gasteiger partial charge in [-0.05, 0) is 119 Å². The number of fused-ring (bicyclic) bond motifs is 5. The average Bonchev–Trinajstić information content (AvgIpc) is 3.24. The number of nitrogens with zero attached hydrogens (tertiary/aromatic N) is 1. The summed E-state index contributed by atoms with van der Waals surface area (Å²) in [7, 11) is 0. The number of benzene rings is 10. The summed E-state index contributed by atoms with van der Waals surface area (Å²) in [4.78, 5) is 2.42. The molecule has 10 aromatic carbocycles. The van der Waals surface area contributed by atoms with Gasteiger partial charge in [0.1, 0.15) is 0 Å². The minimum absolute atomic E-state index is 1.11. The summed E-state index contributed by atoms with van der Waals surface area (Å²) in [5, 5.41) is 9.85. The lowest BCUT2D eigenvalue weighted by Gasteiger charge is -2.27. The topological polar surface area (TPSA) is 3.24 Å². The normalized spacial score (nSPS) is 11.4. The summed E-state index contributed by atoms with van der Waals surface area (Å²) in [6, 6.07) is 77.3. The van der Waals surface area contributed by atoms with E-state index in [9.17, 15) is 0 Å². The molecule has 1 heteroatoms. The Kier molecular flexibility index (Phi) is 7.55. The largest absolute Gasteiger partial charge is 0.310 e. The van der Waals surface area contributed by atoms with Crippen molar-refractivity contribution in [3.63, 3.8) is 0 Å². The smallest absolute Gasteiger partial charge is 0.0468 e. The highest BCUT2D eigenvalue weighted by molar-refractivity contribution is 6.22. The van der Waals surface area contributed by atoms with E-state index < -0.39 is 0 Å². The minimum Gasteiger partial charge on any atom is -0.310 e. The maximum Gasteiger partial charge on any atom is 0.0468 e. The third-order valence-corrected chi connectivity index (χ3v) is 10.6. The fourth-order valence-corrected chi connectivity index (χ4v) is 8.07. The Balaban J connectivity index is 1.24. The molecule has 248 valence electrons. The van der Waals surface area contributed by atoms with Crippen molar-refractivity contribution in [3.05, 3.63) is 212 Å².